The van der Waals surface area contributed by atoms with Crippen molar-refractivity contribution in [3.05, 3.63) is 29.8 Å². The predicted molar refractivity (Wildman–Crippen MR) is 135 cm³/mol. The Kier molecular flexibility index (Phi) is 12.7. The van der Waals surface area contributed by atoms with Crippen LogP contribution in [-0.4, -0.2) is 146 Å². The van der Waals surface area contributed by atoms with Crippen LogP contribution in [0.1, 0.15) is 5.56 Å². The van der Waals surface area contributed by atoms with Crippen molar-refractivity contribution in [2.45, 2.75) is 11.1 Å². The molecule has 0 bridgehead atoms. The van der Waals surface area contributed by atoms with Crippen LogP contribution in [0.3, 0.4) is 0 Å². The molecule has 13 nitrogen and oxygen atoms in total. The van der Waals surface area contributed by atoms with Crippen molar-refractivity contribution in [3.8, 4) is 0 Å². The zero-order chi connectivity index (χ0) is 29.9. The molecule has 4 N–H and O–H groups in total. The highest BCUT2D eigenvalue weighted by Crippen LogP contribution is 2.29. The van der Waals surface area contributed by atoms with E-state index >= 15 is 0 Å². The fourth-order valence-corrected chi connectivity index (χ4v) is 5.12. The number of nitrogens with zero attached hydrogens (tertiary/aromatic N) is 4. The maximum Gasteiger partial charge on any atom is 0.416 e. The lowest BCUT2D eigenvalue weighted by atomic mass is 10.2. The molecule has 0 amide bonds. The summed E-state index contributed by atoms with van der Waals surface area (Å²) < 4.78 is 65.9. The highest BCUT2D eigenvalue weighted by atomic mass is 32.2. The second-order valence-corrected chi connectivity index (χ2v) is 11.0. The molecule has 1 fully saturated rings. The molecule has 0 radical (unpaired) electrons. The minimum atomic E-state index is -4.60. The molecule has 2 rings (SSSR count). The third-order valence-electron chi connectivity index (χ3n) is 6.22. The molecular formula is C23H34F3N5O8S. The van der Waals surface area contributed by atoms with Crippen LogP contribution in [0.25, 0.3) is 0 Å². The molecule has 0 unspecified atom stereocenters. The minimum absolute atomic E-state index is 0.104. The molecule has 0 aliphatic carbocycles. The molecule has 1 aromatic rings. The average molecular weight is 598 g/mol. The zero-order valence-electron chi connectivity index (χ0n) is 21.7. The summed E-state index contributed by atoms with van der Waals surface area (Å²) in [6.45, 7) is 1.29. The summed E-state index contributed by atoms with van der Waals surface area (Å²) in [4.78, 5) is 40.4. The van der Waals surface area contributed by atoms with Crippen molar-refractivity contribution in [2.75, 3.05) is 85.1 Å². The van der Waals surface area contributed by atoms with Gasteiger partial charge in [0.15, 0.2) is 0 Å². The average Bonchev–Trinajstić information content (AvgIpc) is 2.84. The van der Waals surface area contributed by atoms with Crippen LogP contribution in [0.15, 0.2) is 29.2 Å². The van der Waals surface area contributed by atoms with Gasteiger partial charge in [-0.15, -0.1) is 0 Å². The maximum atomic E-state index is 12.8. The van der Waals surface area contributed by atoms with E-state index in [0.29, 0.717) is 25.2 Å². The van der Waals surface area contributed by atoms with Gasteiger partial charge in [-0.3, -0.25) is 34.0 Å². The Morgan fingerprint density at radius 3 is 1.38 bits per heavy atom. The third-order valence-corrected chi connectivity index (χ3v) is 7.70. The molecule has 0 saturated carbocycles. The van der Waals surface area contributed by atoms with Crippen molar-refractivity contribution in [2.24, 2.45) is 0 Å². The molecule has 17 heteroatoms. The number of halogens is 3. The number of hydrogen-bond acceptors (Lipinski definition) is 9. The Labute approximate surface area is 229 Å². The minimum Gasteiger partial charge on any atom is -0.480 e. The van der Waals surface area contributed by atoms with Crippen molar-refractivity contribution in [1.82, 2.24) is 24.3 Å². The zero-order valence-corrected chi connectivity index (χ0v) is 22.5. The van der Waals surface area contributed by atoms with Crippen LogP contribution in [0, 0.1) is 0 Å². The smallest absolute Gasteiger partial charge is 0.416 e. The van der Waals surface area contributed by atoms with Gasteiger partial charge in [0.1, 0.15) is 0 Å². The van der Waals surface area contributed by atoms with Crippen LogP contribution in [-0.2, 0) is 30.6 Å². The molecule has 0 atom stereocenters. The number of sulfonamides is 1. The summed E-state index contributed by atoms with van der Waals surface area (Å²) >= 11 is 0. The number of carbonyl (C=O) groups is 3. The van der Waals surface area contributed by atoms with Gasteiger partial charge in [0.05, 0.1) is 30.1 Å². The number of hydrogen-bond donors (Lipinski definition) is 4. The van der Waals surface area contributed by atoms with Crippen molar-refractivity contribution in [3.63, 3.8) is 0 Å². The van der Waals surface area contributed by atoms with Crippen LogP contribution >= 0.6 is 0 Å². The summed E-state index contributed by atoms with van der Waals surface area (Å²) in [5, 5.41) is 27.8. The largest absolute Gasteiger partial charge is 0.480 e. The third kappa shape index (κ3) is 12.1. The molecule has 1 aliphatic heterocycles. The lowest BCUT2D eigenvalue weighted by molar-refractivity contribution is -0.140. The highest BCUT2D eigenvalue weighted by Gasteiger charge is 2.30. The van der Waals surface area contributed by atoms with Gasteiger partial charge < -0.3 is 15.3 Å². The van der Waals surface area contributed by atoms with E-state index in [2.05, 4.69) is 4.72 Å². The van der Waals surface area contributed by atoms with Crippen molar-refractivity contribution in [1.29, 1.82) is 0 Å². The first-order valence-corrected chi connectivity index (χ1v) is 13.9. The first kappa shape index (κ1) is 33.4. The van der Waals surface area contributed by atoms with Crippen molar-refractivity contribution >= 4 is 27.9 Å². The fourth-order valence-electron chi connectivity index (χ4n) is 4.09. The van der Waals surface area contributed by atoms with E-state index < -0.39 is 39.7 Å². The molecule has 1 heterocycles. The van der Waals surface area contributed by atoms with Crippen LogP contribution in [0.5, 0.6) is 0 Å². The highest BCUT2D eigenvalue weighted by molar-refractivity contribution is 7.89. The summed E-state index contributed by atoms with van der Waals surface area (Å²) in [6.07, 6.45) is -4.60. The number of nitrogens with one attached hydrogen (secondary N) is 1. The van der Waals surface area contributed by atoms with Crippen molar-refractivity contribution < 1.29 is 51.3 Å². The Bertz CT molecular complexity index is 1070. The Balaban J connectivity index is 2.10. The van der Waals surface area contributed by atoms with Gasteiger partial charge in [0, 0.05) is 65.4 Å². The molecule has 40 heavy (non-hydrogen) atoms. The van der Waals surface area contributed by atoms with Crippen LogP contribution in [0.4, 0.5) is 13.2 Å². The predicted octanol–water partition coefficient (Wildman–Crippen LogP) is -0.541. The molecule has 1 aromatic carbocycles. The fraction of sp³-hybridized carbons (Fsp3) is 0.609. The Morgan fingerprint density at radius 1 is 0.700 bits per heavy atom. The van der Waals surface area contributed by atoms with E-state index in [0.717, 1.165) is 12.1 Å². The summed E-state index contributed by atoms with van der Waals surface area (Å²) in [6, 6.07) is 3.08. The van der Waals surface area contributed by atoms with Crippen LogP contribution in [0.2, 0.25) is 0 Å². The van der Waals surface area contributed by atoms with Crippen LogP contribution < -0.4 is 4.72 Å². The SMILES string of the molecule is O=C(O)CN1CCN(CCNS(=O)(=O)c2ccc(C(F)(F)F)cc2)CCN(CC(=O)O)CCN(CC(=O)O)CC1. The van der Waals surface area contributed by atoms with Gasteiger partial charge in [-0.1, -0.05) is 0 Å². The van der Waals surface area contributed by atoms with E-state index in [1.54, 1.807) is 14.7 Å². The molecule has 1 saturated heterocycles. The second kappa shape index (κ2) is 15.2. The first-order valence-electron chi connectivity index (χ1n) is 12.4. The number of aliphatic carboxylic acids is 3. The van der Waals surface area contributed by atoms with E-state index in [4.69, 9.17) is 0 Å². The normalized spacial score (nSPS) is 18.1. The molecular weight excluding hydrogens is 563 g/mol. The standard InChI is InChI=1S/C23H34F3N5O8S/c24-23(25,26)18-1-3-19(4-2-18)40(38,39)27-5-6-28-7-9-29(15-20(32)33)11-13-31(17-22(36)37)14-12-30(10-8-28)16-21(34)35/h1-4,27H,5-17H2,(H,32,33)(H,34,35)(H,36,37). The number of benzene rings is 1. The van der Waals surface area contributed by atoms with E-state index in [-0.39, 0.29) is 76.9 Å². The molecule has 226 valence electrons. The van der Waals surface area contributed by atoms with E-state index in [1.807, 2.05) is 4.90 Å². The first-order chi connectivity index (χ1) is 18.7. The summed E-state index contributed by atoms with van der Waals surface area (Å²) in [7, 11) is -4.11. The molecule has 0 spiro atoms. The molecule has 0 aromatic heterocycles. The summed E-state index contributed by atoms with van der Waals surface area (Å²) in [5.41, 5.74) is -0.978. The number of carboxylic acid groups (broad SMARTS) is 3. The lowest BCUT2D eigenvalue weighted by Gasteiger charge is -2.33. The number of carboxylic acids is 3. The Hall–Kier alpha value is -2.83. The summed E-state index contributed by atoms with van der Waals surface area (Å²) in [5.74, 6) is -3.20. The maximum absolute atomic E-state index is 12.8. The second-order valence-electron chi connectivity index (χ2n) is 9.27. The molecule has 1 aliphatic rings. The number of alkyl halides is 3. The monoisotopic (exact) mass is 597 g/mol. The Morgan fingerprint density at radius 2 is 1.05 bits per heavy atom. The van der Waals surface area contributed by atoms with Gasteiger partial charge in [0.25, 0.3) is 0 Å². The van der Waals surface area contributed by atoms with Gasteiger partial charge in [0.2, 0.25) is 10.0 Å². The quantitative estimate of drug-likeness (QED) is 0.257. The van der Waals surface area contributed by atoms with E-state index in [9.17, 15) is 51.3 Å². The topological polar surface area (TPSA) is 171 Å². The van der Waals surface area contributed by atoms with Gasteiger partial charge in [-0.05, 0) is 24.3 Å². The van der Waals surface area contributed by atoms with Gasteiger partial charge >= 0.3 is 24.1 Å². The van der Waals surface area contributed by atoms with E-state index in [1.165, 1.54) is 0 Å². The number of rotatable bonds is 11. The lowest BCUT2D eigenvalue weighted by Crippen LogP contribution is -2.49. The van der Waals surface area contributed by atoms with Gasteiger partial charge in [-0.2, -0.15) is 13.2 Å². The van der Waals surface area contributed by atoms with Gasteiger partial charge in [-0.25, -0.2) is 13.1 Å².